The molecule has 1 unspecified atom stereocenters. The van der Waals surface area contributed by atoms with E-state index in [-0.39, 0.29) is 18.5 Å². The van der Waals surface area contributed by atoms with Crippen LogP contribution in [0.4, 0.5) is 4.79 Å². The number of carbonyl (C=O) groups excluding carboxylic acids is 2. The van der Waals surface area contributed by atoms with Crippen LogP contribution < -0.4 is 15.7 Å². The summed E-state index contributed by atoms with van der Waals surface area (Å²) in [7, 11) is -3.14. The molecule has 2 N–H and O–H groups in total. The summed E-state index contributed by atoms with van der Waals surface area (Å²) in [4.78, 5) is 42.5. The van der Waals surface area contributed by atoms with E-state index in [1.54, 1.807) is 11.5 Å². The molecule has 0 saturated heterocycles. The molecule has 0 bridgehead atoms. The van der Waals surface area contributed by atoms with Gasteiger partial charge < -0.3 is 24.2 Å². The Balaban J connectivity index is 1.52. The maximum Gasteiger partial charge on any atom is 0.407 e. The molecule has 0 aliphatic rings. The number of esters is 1. The summed E-state index contributed by atoms with van der Waals surface area (Å²) in [6.07, 6.45) is 4.31. The van der Waals surface area contributed by atoms with E-state index in [2.05, 4.69) is 24.1 Å². The largest absolute Gasteiger partial charge is 0.460 e. The highest BCUT2D eigenvalue weighted by atomic mass is 28.4. The number of nitrogens with zero attached hydrogens (tertiary/aromatic N) is 2. The van der Waals surface area contributed by atoms with E-state index in [0.717, 1.165) is 34.3 Å². The average molecular weight is 670 g/mol. The highest BCUT2D eigenvalue weighted by molar-refractivity contribution is 6.98. The Morgan fingerprint density at radius 1 is 0.896 bits per heavy atom. The topological polar surface area (TPSA) is 103 Å². The molecule has 1 atom stereocenters. The van der Waals surface area contributed by atoms with Crippen LogP contribution >= 0.6 is 0 Å². The lowest BCUT2D eigenvalue weighted by molar-refractivity contribution is 0.0492. The number of aromatic nitrogens is 2. The zero-order valence-corrected chi connectivity index (χ0v) is 30.5. The van der Waals surface area contributed by atoms with Gasteiger partial charge in [-0.25, -0.2) is 14.6 Å². The zero-order valence-electron chi connectivity index (χ0n) is 29.5. The van der Waals surface area contributed by atoms with Crippen LogP contribution in [0.5, 0.6) is 0 Å². The van der Waals surface area contributed by atoms with Gasteiger partial charge in [0.05, 0.1) is 12.3 Å². The number of hydrogen-bond acceptors (Lipinski definition) is 6. The van der Waals surface area contributed by atoms with Crippen molar-refractivity contribution in [3.63, 3.8) is 0 Å². The van der Waals surface area contributed by atoms with Crippen LogP contribution in [0, 0.1) is 0 Å². The molecule has 256 valence electrons. The molecule has 8 nitrogen and oxygen atoms in total. The van der Waals surface area contributed by atoms with Gasteiger partial charge in [0, 0.05) is 24.3 Å². The van der Waals surface area contributed by atoms with Crippen molar-refractivity contribution in [1.82, 2.24) is 14.9 Å². The third-order valence-corrected chi connectivity index (χ3v) is 13.3. The van der Waals surface area contributed by atoms with Gasteiger partial charge in [-0.15, -0.1) is 0 Å². The number of ether oxygens (including phenoxy) is 2. The molecule has 4 rings (SSSR count). The second-order valence-electron chi connectivity index (χ2n) is 13.9. The van der Waals surface area contributed by atoms with Crippen LogP contribution in [0.15, 0.2) is 91.1 Å². The monoisotopic (exact) mass is 669 g/mol. The highest BCUT2D eigenvalue weighted by Crippen LogP contribution is 2.40. The first kappa shape index (κ1) is 36.6. The molecule has 0 aliphatic carbocycles. The van der Waals surface area contributed by atoms with Crippen LogP contribution in [0.25, 0.3) is 11.3 Å². The van der Waals surface area contributed by atoms with Gasteiger partial charge in [-0.05, 0) is 74.9 Å². The van der Waals surface area contributed by atoms with Crippen molar-refractivity contribution in [2.75, 3.05) is 6.61 Å². The fourth-order valence-electron chi connectivity index (χ4n) is 6.23. The van der Waals surface area contributed by atoms with E-state index in [1.807, 2.05) is 119 Å². The fourth-order valence-corrected chi connectivity index (χ4v) is 10.0. The molecule has 9 heteroatoms. The summed E-state index contributed by atoms with van der Waals surface area (Å²) < 4.78 is 12.6. The number of hydrogen-bond donors (Lipinski definition) is 2. The van der Waals surface area contributed by atoms with Crippen molar-refractivity contribution in [2.45, 2.75) is 97.4 Å². The number of benzene rings is 3. The zero-order chi connectivity index (χ0) is 35.0. The Bertz CT molecular complexity index is 1590. The first-order valence-corrected chi connectivity index (χ1v) is 18.9. The average Bonchev–Trinajstić information content (AvgIpc) is 3.49. The quantitative estimate of drug-likeness (QED) is 0.112. The summed E-state index contributed by atoms with van der Waals surface area (Å²) in [5.41, 5.74) is 2.03. The second kappa shape index (κ2) is 15.8. The Labute approximate surface area is 286 Å². The van der Waals surface area contributed by atoms with Crippen molar-refractivity contribution in [3.8, 4) is 11.3 Å². The number of carbonyl (C=O) groups is 2. The van der Waals surface area contributed by atoms with Crippen molar-refractivity contribution < 1.29 is 23.9 Å². The van der Waals surface area contributed by atoms with Gasteiger partial charge in [-0.2, -0.15) is 0 Å². The maximum absolute atomic E-state index is 12.9. The summed E-state index contributed by atoms with van der Waals surface area (Å²) in [6, 6.07) is 28.0. The lowest BCUT2D eigenvalue weighted by Crippen LogP contribution is -2.65. The predicted molar refractivity (Wildman–Crippen MR) is 194 cm³/mol. The van der Waals surface area contributed by atoms with Crippen molar-refractivity contribution >= 4 is 30.8 Å². The molecule has 4 aromatic rings. The molecule has 1 amide bonds. The van der Waals surface area contributed by atoms with Crippen LogP contribution in [0.1, 0.15) is 83.9 Å². The van der Waals surface area contributed by atoms with E-state index in [0.29, 0.717) is 25.1 Å². The lowest BCUT2D eigenvalue weighted by Gasteiger charge is -2.41. The van der Waals surface area contributed by atoms with Crippen molar-refractivity contribution in [1.29, 1.82) is 0 Å². The smallest absolute Gasteiger partial charge is 0.407 e. The van der Waals surface area contributed by atoms with E-state index in [1.165, 1.54) is 0 Å². The predicted octanol–water partition coefficient (Wildman–Crippen LogP) is 6.89. The third kappa shape index (κ3) is 9.02. The number of aryl methyl sites for hydroxylation is 1. The van der Waals surface area contributed by atoms with Crippen LogP contribution in [-0.4, -0.2) is 53.0 Å². The number of alkyl carbamates (subject to hydrolysis) is 1. The SMILES string of the molecule is CCOC(=O)c1nc(-c2ccc(CC(CCCC(C)(C)[Si](O)(c3ccccc3)c3ccccc3)NC(=O)OC(C)(C)C)cc2)cn1CC. The summed E-state index contributed by atoms with van der Waals surface area (Å²) in [5, 5.41) is 4.71. The van der Waals surface area contributed by atoms with Crippen LogP contribution in [-0.2, 0) is 22.4 Å². The number of rotatable bonds is 14. The van der Waals surface area contributed by atoms with Gasteiger partial charge in [-0.1, -0.05) is 105 Å². The Morgan fingerprint density at radius 2 is 1.48 bits per heavy atom. The maximum atomic E-state index is 12.9. The Morgan fingerprint density at radius 3 is 2.00 bits per heavy atom. The van der Waals surface area contributed by atoms with E-state index >= 15 is 0 Å². The second-order valence-corrected chi connectivity index (χ2v) is 17.8. The molecule has 1 heterocycles. The van der Waals surface area contributed by atoms with Crippen molar-refractivity contribution in [2.24, 2.45) is 0 Å². The van der Waals surface area contributed by atoms with Gasteiger partial charge >= 0.3 is 12.1 Å². The minimum Gasteiger partial charge on any atom is -0.460 e. The van der Waals surface area contributed by atoms with Gasteiger partial charge in [0.1, 0.15) is 5.60 Å². The number of nitrogens with one attached hydrogen (secondary N) is 1. The normalized spacial score (nSPS) is 12.8. The molecule has 0 spiro atoms. The summed E-state index contributed by atoms with van der Waals surface area (Å²) in [6.45, 7) is 14.5. The minimum absolute atomic E-state index is 0.181. The molecule has 0 radical (unpaired) electrons. The van der Waals surface area contributed by atoms with Gasteiger partial charge in [-0.3, -0.25) is 0 Å². The van der Waals surface area contributed by atoms with Crippen LogP contribution in [0.2, 0.25) is 5.04 Å². The van der Waals surface area contributed by atoms with Crippen LogP contribution in [0.3, 0.4) is 0 Å². The van der Waals surface area contributed by atoms with E-state index < -0.39 is 31.0 Å². The minimum atomic E-state index is -3.14. The number of amides is 1. The van der Waals surface area contributed by atoms with E-state index in [9.17, 15) is 14.4 Å². The first-order valence-electron chi connectivity index (χ1n) is 16.9. The first-order chi connectivity index (χ1) is 22.8. The molecule has 3 aromatic carbocycles. The fraction of sp³-hybridized carbons (Fsp3) is 0.410. The molecule has 48 heavy (non-hydrogen) atoms. The van der Waals surface area contributed by atoms with Gasteiger partial charge in [0.2, 0.25) is 5.82 Å². The van der Waals surface area contributed by atoms with Gasteiger partial charge in [0.25, 0.3) is 8.32 Å². The van der Waals surface area contributed by atoms with Gasteiger partial charge in [0.15, 0.2) is 0 Å². The molecular weight excluding hydrogens is 619 g/mol. The molecule has 0 fully saturated rings. The number of imidazole rings is 1. The Kier molecular flexibility index (Phi) is 12.0. The molecule has 1 aromatic heterocycles. The lowest BCUT2D eigenvalue weighted by atomic mass is 9.97. The highest BCUT2D eigenvalue weighted by Gasteiger charge is 2.49. The Hall–Kier alpha value is -4.21. The summed E-state index contributed by atoms with van der Waals surface area (Å²) in [5.74, 6) is -0.146. The molecule has 0 saturated carbocycles. The molecule has 0 aliphatic heterocycles. The summed E-state index contributed by atoms with van der Waals surface area (Å²) >= 11 is 0. The molecular formula is C39H51N3O5Si. The van der Waals surface area contributed by atoms with E-state index in [4.69, 9.17) is 9.47 Å². The third-order valence-electron chi connectivity index (χ3n) is 8.74. The van der Waals surface area contributed by atoms with Crippen molar-refractivity contribution in [3.05, 3.63) is 103 Å². The standard InChI is InChI=1S/C39H51N3O5Si/c1-8-42-28-34(41-35(42)36(43)46-9-2)30-24-22-29(23-25-30)27-31(40-37(44)47-38(3,4)5)17-16-26-39(6,7)48(45,32-18-12-10-13-19-32)33-20-14-11-15-21-33/h10-15,18-25,28,31,45H,8-9,16-17,26-27H2,1-7H3,(H,40,44).